The quantitative estimate of drug-likeness (QED) is 0.120. The first-order valence-electron chi connectivity index (χ1n) is 26.3. The SMILES string of the molecule is C=C/C=C\C(=C/C(C)(C)C)C1(c2cccc(C(C)(C)C)c2)c2ccccc2-c2sc(-c3ccccc3)c(-c3ccc(N(c4ccc(-c5ccc(OC(F)(F)F)cc5)cc4)c4ccc5c(c4)C(C)(C)c4ccccc4-5)cc3)c21. The minimum Gasteiger partial charge on any atom is -0.406 e. The summed E-state index contributed by atoms with van der Waals surface area (Å²) in [4.78, 5) is 4.78. The van der Waals surface area contributed by atoms with Crippen molar-refractivity contribution >= 4 is 28.4 Å². The maximum Gasteiger partial charge on any atom is 0.573 e. The molecule has 0 saturated heterocycles. The molecule has 0 spiro atoms. The summed E-state index contributed by atoms with van der Waals surface area (Å²) in [6.07, 6.45) is 3.97. The normalized spacial score (nSPS) is 15.7. The van der Waals surface area contributed by atoms with Crippen LogP contribution in [-0.2, 0) is 16.2 Å². The van der Waals surface area contributed by atoms with E-state index in [9.17, 15) is 13.2 Å². The number of nitrogens with zero attached hydrogens (tertiary/aromatic N) is 1. The second-order valence-electron chi connectivity index (χ2n) is 23.0. The van der Waals surface area contributed by atoms with Gasteiger partial charge in [0.2, 0.25) is 0 Å². The van der Waals surface area contributed by atoms with Gasteiger partial charge < -0.3 is 9.64 Å². The molecular formula is C71H62F3NOS. The molecular weight excluding hydrogens is 972 g/mol. The molecule has 8 aromatic carbocycles. The number of allylic oxidation sites excluding steroid dienone is 5. The highest BCUT2D eigenvalue weighted by molar-refractivity contribution is 7.20. The zero-order valence-corrected chi connectivity index (χ0v) is 45.7. The zero-order chi connectivity index (χ0) is 54.1. The average Bonchev–Trinajstić information content (AvgIpc) is 4.23. The molecule has 0 saturated carbocycles. The van der Waals surface area contributed by atoms with Crippen LogP contribution >= 0.6 is 11.3 Å². The molecule has 6 heteroatoms. The van der Waals surface area contributed by atoms with E-state index in [1.807, 2.05) is 29.5 Å². The molecule has 1 atom stereocenters. The molecule has 2 aliphatic carbocycles. The molecule has 9 aromatic rings. The first-order chi connectivity index (χ1) is 36.8. The molecule has 0 N–H and O–H groups in total. The molecule has 2 nitrogen and oxygen atoms in total. The molecule has 1 aromatic heterocycles. The summed E-state index contributed by atoms with van der Waals surface area (Å²) < 4.78 is 43.3. The van der Waals surface area contributed by atoms with E-state index in [0.717, 1.165) is 39.3 Å². The second kappa shape index (κ2) is 19.3. The van der Waals surface area contributed by atoms with Gasteiger partial charge in [-0.1, -0.05) is 232 Å². The Bertz CT molecular complexity index is 3750. The van der Waals surface area contributed by atoms with Gasteiger partial charge in [-0.15, -0.1) is 24.5 Å². The van der Waals surface area contributed by atoms with Crippen molar-refractivity contribution in [1.29, 1.82) is 0 Å². The van der Waals surface area contributed by atoms with E-state index in [2.05, 4.69) is 248 Å². The second-order valence-corrected chi connectivity index (χ2v) is 24.0. The predicted octanol–water partition coefficient (Wildman–Crippen LogP) is 20.8. The average molecular weight is 1030 g/mol. The molecule has 2 aliphatic rings. The van der Waals surface area contributed by atoms with Crippen LogP contribution in [0.25, 0.3) is 54.3 Å². The van der Waals surface area contributed by atoms with Crippen molar-refractivity contribution < 1.29 is 17.9 Å². The van der Waals surface area contributed by atoms with Gasteiger partial charge in [-0.05, 0) is 137 Å². The lowest BCUT2D eigenvalue weighted by molar-refractivity contribution is -0.274. The lowest BCUT2D eigenvalue weighted by Crippen LogP contribution is -2.31. The van der Waals surface area contributed by atoms with Gasteiger partial charge in [-0.25, -0.2) is 0 Å². The number of hydrogen-bond acceptors (Lipinski definition) is 3. The van der Waals surface area contributed by atoms with E-state index in [-0.39, 0.29) is 22.0 Å². The van der Waals surface area contributed by atoms with Crippen molar-refractivity contribution in [3.05, 3.63) is 264 Å². The lowest BCUT2D eigenvalue weighted by atomic mass is 9.64. The van der Waals surface area contributed by atoms with E-state index in [4.69, 9.17) is 0 Å². The Morgan fingerprint density at radius 2 is 1.12 bits per heavy atom. The monoisotopic (exact) mass is 1030 g/mol. The fraction of sp³-hybridized carbons (Fsp3) is 0.183. The van der Waals surface area contributed by atoms with Gasteiger partial charge in [0.1, 0.15) is 5.75 Å². The number of hydrogen-bond donors (Lipinski definition) is 0. The molecule has 77 heavy (non-hydrogen) atoms. The van der Waals surface area contributed by atoms with E-state index < -0.39 is 11.8 Å². The summed E-state index contributed by atoms with van der Waals surface area (Å²) in [5, 5.41) is 0. The summed E-state index contributed by atoms with van der Waals surface area (Å²) in [6, 6.07) is 68.0. The maximum absolute atomic E-state index is 13.1. The third kappa shape index (κ3) is 9.27. The predicted molar refractivity (Wildman–Crippen MR) is 317 cm³/mol. The Morgan fingerprint density at radius 1 is 0.545 bits per heavy atom. The van der Waals surface area contributed by atoms with Crippen LogP contribution in [0.3, 0.4) is 0 Å². The highest BCUT2D eigenvalue weighted by Gasteiger charge is 2.51. The van der Waals surface area contributed by atoms with Crippen molar-refractivity contribution in [2.75, 3.05) is 4.90 Å². The fourth-order valence-corrected chi connectivity index (χ4v) is 13.2. The van der Waals surface area contributed by atoms with E-state index in [0.29, 0.717) is 0 Å². The topological polar surface area (TPSA) is 12.5 Å². The summed E-state index contributed by atoms with van der Waals surface area (Å²) in [5.74, 6) is -0.256. The third-order valence-corrected chi connectivity index (χ3v) is 16.5. The molecule has 0 radical (unpaired) electrons. The number of thiophene rings is 1. The molecule has 0 amide bonds. The Hall–Kier alpha value is -7.93. The van der Waals surface area contributed by atoms with Crippen molar-refractivity contribution in [2.24, 2.45) is 5.41 Å². The lowest BCUT2D eigenvalue weighted by Gasteiger charge is -2.38. The van der Waals surface area contributed by atoms with Gasteiger partial charge in [0.15, 0.2) is 0 Å². The molecule has 0 bridgehead atoms. The summed E-state index contributed by atoms with van der Waals surface area (Å²) in [6.45, 7) is 22.5. The smallest absolute Gasteiger partial charge is 0.406 e. The van der Waals surface area contributed by atoms with Crippen LogP contribution in [0.5, 0.6) is 5.75 Å². The summed E-state index contributed by atoms with van der Waals surface area (Å²) in [7, 11) is 0. The maximum atomic E-state index is 13.1. The number of benzene rings is 8. The highest BCUT2D eigenvalue weighted by atomic mass is 32.1. The molecule has 0 aliphatic heterocycles. The van der Waals surface area contributed by atoms with Crippen LogP contribution in [-0.4, -0.2) is 6.36 Å². The fourth-order valence-electron chi connectivity index (χ4n) is 11.8. The molecule has 0 fully saturated rings. The van der Waals surface area contributed by atoms with Crippen LogP contribution < -0.4 is 9.64 Å². The van der Waals surface area contributed by atoms with E-state index in [1.54, 1.807) is 12.1 Å². The van der Waals surface area contributed by atoms with Gasteiger partial charge in [0.05, 0.1) is 5.41 Å². The van der Waals surface area contributed by atoms with Crippen molar-refractivity contribution in [3.8, 4) is 60.0 Å². The number of anilines is 3. The minimum atomic E-state index is -4.76. The number of ether oxygens (including phenoxy) is 1. The number of halogens is 3. The third-order valence-electron chi connectivity index (χ3n) is 15.3. The summed E-state index contributed by atoms with van der Waals surface area (Å²) in [5.41, 5.74) is 19.3. The van der Waals surface area contributed by atoms with Gasteiger partial charge in [-0.2, -0.15) is 0 Å². The Kier molecular flexibility index (Phi) is 12.8. The van der Waals surface area contributed by atoms with Crippen LogP contribution in [0.4, 0.5) is 30.2 Å². The first-order valence-corrected chi connectivity index (χ1v) is 27.2. The number of alkyl halides is 3. The molecule has 1 unspecified atom stereocenters. The van der Waals surface area contributed by atoms with Crippen molar-refractivity contribution in [3.63, 3.8) is 0 Å². The van der Waals surface area contributed by atoms with Gasteiger partial charge in [-0.3, -0.25) is 0 Å². The van der Waals surface area contributed by atoms with Crippen molar-refractivity contribution in [2.45, 2.75) is 78.0 Å². The van der Waals surface area contributed by atoms with Gasteiger partial charge in [0.25, 0.3) is 0 Å². The highest BCUT2D eigenvalue weighted by Crippen LogP contribution is 2.65. The zero-order valence-electron chi connectivity index (χ0n) is 44.9. The molecule has 1 heterocycles. The van der Waals surface area contributed by atoms with Crippen LogP contribution in [0.1, 0.15) is 88.8 Å². The Balaban J connectivity index is 1.13. The van der Waals surface area contributed by atoms with Gasteiger partial charge in [0, 0.05) is 37.8 Å². The first kappa shape index (κ1) is 51.2. The largest absolute Gasteiger partial charge is 0.573 e. The summed E-state index contributed by atoms with van der Waals surface area (Å²) >= 11 is 1.88. The van der Waals surface area contributed by atoms with Crippen molar-refractivity contribution in [1.82, 2.24) is 0 Å². The number of rotatable bonds is 11. The molecule has 384 valence electrons. The van der Waals surface area contributed by atoms with E-state index >= 15 is 0 Å². The van der Waals surface area contributed by atoms with Gasteiger partial charge >= 0.3 is 6.36 Å². The van der Waals surface area contributed by atoms with Crippen LogP contribution in [0.2, 0.25) is 0 Å². The number of fused-ring (bicyclic) bond motifs is 6. The van der Waals surface area contributed by atoms with E-state index in [1.165, 1.54) is 83.1 Å². The standard InChI is InChI=1S/C71H62F3NOS/c1-10-11-22-52(45-67(2,3)4)70(51-24-19-23-50(43-51)68(5,6)7)61-28-18-16-26-59(61)66-64(70)63(65(77-66)49-20-13-12-14-21-49)48-31-37-54(38-32-48)75(55-39-42-58-57-25-15-17-27-60(57)69(8,9)62(58)44-55)53-35-29-46(30-36-53)47-33-40-56(41-34-47)76-71(72,73)74/h10-45H,1H2,2-9H3/b22-11-,52-45+. The van der Waals surface area contributed by atoms with Crippen LogP contribution in [0, 0.1) is 5.41 Å². The Morgan fingerprint density at radius 3 is 1.74 bits per heavy atom. The van der Waals surface area contributed by atoms with Crippen LogP contribution in [0.15, 0.2) is 231 Å². The molecule has 11 rings (SSSR count). The Labute approximate surface area is 456 Å². The minimum absolute atomic E-state index is 0.100.